The van der Waals surface area contributed by atoms with E-state index in [-0.39, 0.29) is 11.8 Å². The van der Waals surface area contributed by atoms with Crippen LogP contribution in [0.3, 0.4) is 0 Å². The Morgan fingerprint density at radius 3 is 2.41 bits per heavy atom. The summed E-state index contributed by atoms with van der Waals surface area (Å²) in [7, 11) is 0. The summed E-state index contributed by atoms with van der Waals surface area (Å²) in [6.45, 7) is 5.44. The highest BCUT2D eigenvalue weighted by atomic mass is 35.5. The van der Waals surface area contributed by atoms with E-state index in [1.165, 1.54) is 0 Å². The maximum atomic E-state index is 11.9. The summed E-state index contributed by atoms with van der Waals surface area (Å²) < 4.78 is 0. The molecule has 0 heterocycles. The number of nitrogens with two attached hydrogens (primary N) is 1. The second-order valence-electron chi connectivity index (χ2n) is 4.33. The van der Waals surface area contributed by atoms with Gasteiger partial charge in [0.1, 0.15) is 0 Å². The standard InChI is InChI=1S/C13H19ClN2O/c1-10(2)13(17)16(8-7-15)9-11-3-5-12(14)6-4-11/h3-6,10H,7-9,15H2,1-2H3. The fourth-order valence-electron chi connectivity index (χ4n) is 1.60. The molecule has 0 aromatic heterocycles. The van der Waals surface area contributed by atoms with Crippen LogP contribution in [0.2, 0.25) is 5.02 Å². The van der Waals surface area contributed by atoms with E-state index in [2.05, 4.69) is 0 Å². The zero-order valence-electron chi connectivity index (χ0n) is 10.3. The van der Waals surface area contributed by atoms with Crippen LogP contribution in [-0.2, 0) is 11.3 Å². The minimum Gasteiger partial charge on any atom is -0.337 e. The minimum absolute atomic E-state index is 0.00569. The highest BCUT2D eigenvalue weighted by Crippen LogP contribution is 2.12. The normalized spacial score (nSPS) is 10.6. The summed E-state index contributed by atoms with van der Waals surface area (Å²) >= 11 is 5.82. The summed E-state index contributed by atoms with van der Waals surface area (Å²) in [4.78, 5) is 13.7. The van der Waals surface area contributed by atoms with Gasteiger partial charge in [-0.15, -0.1) is 0 Å². The van der Waals surface area contributed by atoms with Crippen LogP contribution < -0.4 is 5.73 Å². The zero-order chi connectivity index (χ0) is 12.8. The fraction of sp³-hybridized carbons (Fsp3) is 0.462. The molecule has 1 amide bonds. The molecule has 1 rings (SSSR count). The summed E-state index contributed by atoms with van der Waals surface area (Å²) in [5.74, 6) is 0.124. The van der Waals surface area contributed by atoms with Crippen LogP contribution >= 0.6 is 11.6 Å². The Hall–Kier alpha value is -1.06. The van der Waals surface area contributed by atoms with Crippen LogP contribution in [0.4, 0.5) is 0 Å². The number of amides is 1. The number of hydrogen-bond acceptors (Lipinski definition) is 2. The Bertz CT molecular complexity index is 362. The van der Waals surface area contributed by atoms with Crippen molar-refractivity contribution in [2.75, 3.05) is 13.1 Å². The van der Waals surface area contributed by atoms with Gasteiger partial charge in [0.15, 0.2) is 0 Å². The van der Waals surface area contributed by atoms with Gasteiger partial charge in [0.05, 0.1) is 0 Å². The van der Waals surface area contributed by atoms with Crippen LogP contribution in [0, 0.1) is 5.92 Å². The van der Waals surface area contributed by atoms with Crippen molar-refractivity contribution >= 4 is 17.5 Å². The van der Waals surface area contributed by atoms with Crippen molar-refractivity contribution in [2.45, 2.75) is 20.4 Å². The Kier molecular flexibility index (Phi) is 5.45. The highest BCUT2D eigenvalue weighted by Gasteiger charge is 2.16. The topological polar surface area (TPSA) is 46.3 Å². The summed E-state index contributed by atoms with van der Waals surface area (Å²) in [5, 5.41) is 0.703. The molecule has 0 aliphatic rings. The molecule has 0 fully saturated rings. The quantitative estimate of drug-likeness (QED) is 0.876. The Labute approximate surface area is 108 Å². The molecule has 0 spiro atoms. The second-order valence-corrected chi connectivity index (χ2v) is 4.77. The van der Waals surface area contributed by atoms with Crippen molar-refractivity contribution in [3.63, 3.8) is 0 Å². The number of hydrogen-bond donors (Lipinski definition) is 1. The molecule has 0 saturated carbocycles. The van der Waals surface area contributed by atoms with Gasteiger partial charge < -0.3 is 10.6 Å². The van der Waals surface area contributed by atoms with E-state index >= 15 is 0 Å². The van der Waals surface area contributed by atoms with Gasteiger partial charge in [-0.1, -0.05) is 37.6 Å². The van der Waals surface area contributed by atoms with Crippen LogP contribution in [0.5, 0.6) is 0 Å². The van der Waals surface area contributed by atoms with Gasteiger partial charge in [0.2, 0.25) is 5.91 Å². The second kappa shape index (κ2) is 6.62. The largest absolute Gasteiger partial charge is 0.337 e. The van der Waals surface area contributed by atoms with Crippen LogP contribution in [-0.4, -0.2) is 23.9 Å². The molecule has 17 heavy (non-hydrogen) atoms. The van der Waals surface area contributed by atoms with Crippen molar-refractivity contribution in [3.8, 4) is 0 Å². The third-order valence-electron chi connectivity index (χ3n) is 2.49. The first-order chi connectivity index (χ1) is 8.04. The minimum atomic E-state index is -0.00569. The molecule has 94 valence electrons. The summed E-state index contributed by atoms with van der Waals surface area (Å²) in [6.07, 6.45) is 0. The van der Waals surface area contributed by atoms with Crippen LogP contribution in [0.1, 0.15) is 19.4 Å². The van der Waals surface area contributed by atoms with E-state index in [1.54, 1.807) is 4.90 Å². The predicted molar refractivity (Wildman–Crippen MR) is 70.8 cm³/mol. The molecule has 1 aromatic carbocycles. The molecule has 1 aromatic rings. The van der Waals surface area contributed by atoms with E-state index in [0.29, 0.717) is 24.7 Å². The summed E-state index contributed by atoms with van der Waals surface area (Å²) in [6, 6.07) is 7.52. The van der Waals surface area contributed by atoms with Gasteiger partial charge in [0.25, 0.3) is 0 Å². The van der Waals surface area contributed by atoms with E-state index < -0.39 is 0 Å². The lowest BCUT2D eigenvalue weighted by molar-refractivity contribution is -0.134. The Morgan fingerprint density at radius 1 is 1.35 bits per heavy atom. The molecule has 0 aliphatic carbocycles. The fourth-order valence-corrected chi connectivity index (χ4v) is 1.72. The lowest BCUT2D eigenvalue weighted by Crippen LogP contribution is -2.37. The average Bonchev–Trinajstić information content (AvgIpc) is 2.30. The molecule has 4 heteroatoms. The van der Waals surface area contributed by atoms with Crippen molar-refractivity contribution in [2.24, 2.45) is 11.7 Å². The first kappa shape index (κ1) is 14.0. The number of carbonyl (C=O) groups is 1. The van der Waals surface area contributed by atoms with Gasteiger partial charge in [-0.2, -0.15) is 0 Å². The number of halogens is 1. The third-order valence-corrected chi connectivity index (χ3v) is 2.74. The molecule has 0 radical (unpaired) electrons. The molecule has 2 N–H and O–H groups in total. The maximum absolute atomic E-state index is 11.9. The number of nitrogens with zero attached hydrogens (tertiary/aromatic N) is 1. The van der Waals surface area contributed by atoms with Crippen LogP contribution in [0.15, 0.2) is 24.3 Å². The molecule has 0 bridgehead atoms. The van der Waals surface area contributed by atoms with E-state index in [9.17, 15) is 4.79 Å². The molecule has 0 saturated heterocycles. The SMILES string of the molecule is CC(C)C(=O)N(CCN)Cc1ccc(Cl)cc1. The first-order valence-corrected chi connectivity index (χ1v) is 6.15. The zero-order valence-corrected chi connectivity index (χ0v) is 11.1. The number of carbonyl (C=O) groups excluding carboxylic acids is 1. The smallest absolute Gasteiger partial charge is 0.225 e. The lowest BCUT2D eigenvalue weighted by atomic mass is 10.1. The van der Waals surface area contributed by atoms with E-state index in [4.69, 9.17) is 17.3 Å². The van der Waals surface area contributed by atoms with Crippen LogP contribution in [0.25, 0.3) is 0 Å². The third kappa shape index (κ3) is 4.36. The summed E-state index contributed by atoms with van der Waals surface area (Å²) in [5.41, 5.74) is 6.60. The van der Waals surface area contributed by atoms with Crippen molar-refractivity contribution in [1.82, 2.24) is 4.90 Å². The van der Waals surface area contributed by atoms with Gasteiger partial charge >= 0.3 is 0 Å². The predicted octanol–water partition coefficient (Wildman–Crippen LogP) is 2.28. The monoisotopic (exact) mass is 254 g/mol. The van der Waals surface area contributed by atoms with Gasteiger partial charge in [-0.25, -0.2) is 0 Å². The number of benzene rings is 1. The lowest BCUT2D eigenvalue weighted by Gasteiger charge is -2.24. The van der Waals surface area contributed by atoms with Gasteiger partial charge in [-0.05, 0) is 17.7 Å². The Morgan fingerprint density at radius 2 is 1.94 bits per heavy atom. The highest BCUT2D eigenvalue weighted by molar-refractivity contribution is 6.30. The van der Waals surface area contributed by atoms with Crippen molar-refractivity contribution < 1.29 is 4.79 Å². The van der Waals surface area contributed by atoms with E-state index in [1.807, 2.05) is 38.1 Å². The molecule has 0 unspecified atom stereocenters. The van der Waals surface area contributed by atoms with E-state index in [0.717, 1.165) is 5.56 Å². The molecule has 3 nitrogen and oxygen atoms in total. The average molecular weight is 255 g/mol. The molecule has 0 atom stereocenters. The van der Waals surface area contributed by atoms with Gasteiger partial charge in [0, 0.05) is 30.6 Å². The first-order valence-electron chi connectivity index (χ1n) is 5.78. The van der Waals surface area contributed by atoms with Crippen molar-refractivity contribution in [1.29, 1.82) is 0 Å². The molecule has 0 aliphatic heterocycles. The van der Waals surface area contributed by atoms with Crippen molar-refractivity contribution in [3.05, 3.63) is 34.9 Å². The maximum Gasteiger partial charge on any atom is 0.225 e. The number of rotatable bonds is 5. The van der Waals surface area contributed by atoms with Gasteiger partial charge in [-0.3, -0.25) is 4.79 Å². The molecular weight excluding hydrogens is 236 g/mol. The molecular formula is C13H19ClN2O. The Balaban J connectivity index is 2.72.